The third-order valence-electron chi connectivity index (χ3n) is 3.95. The van der Waals surface area contributed by atoms with E-state index in [0.717, 1.165) is 11.8 Å². The number of thioether (sulfide) groups is 1. The number of nitrogens with zero attached hydrogens (tertiary/aromatic N) is 2. The molecule has 33 heavy (non-hydrogen) atoms. The van der Waals surface area contributed by atoms with Crippen LogP contribution in [0.1, 0.15) is 29.8 Å². The molecule has 13 heteroatoms. The highest BCUT2D eigenvalue weighted by Crippen LogP contribution is 2.53. The number of ketones is 1. The second kappa shape index (κ2) is 12.3. The minimum atomic E-state index is -3.97. The van der Waals surface area contributed by atoms with Gasteiger partial charge in [0.25, 0.3) is 11.4 Å². The molecular weight excluding hydrogens is 475 g/mol. The summed E-state index contributed by atoms with van der Waals surface area (Å²) in [7, 11) is -3.97. The molecule has 2 rings (SSSR count). The Hall–Kier alpha value is -3.05. The van der Waals surface area contributed by atoms with Crippen molar-refractivity contribution < 1.29 is 32.8 Å². The second-order valence-electron chi connectivity index (χ2n) is 6.20. The standard InChI is InChI=1S/C20H21N2O9PS/c1-3-29-32(28,30-4-2)31-20(16-7-11-18(12-8-16)22(26)27)14-33-13-19(23)15-5-9-17(10-6-15)21(24)25/h5-12,14H,3-4,13H2,1-2H3/b20-14-. The summed E-state index contributed by atoms with van der Waals surface area (Å²) in [4.78, 5) is 33.0. The lowest BCUT2D eigenvalue weighted by Crippen LogP contribution is -2.03. The van der Waals surface area contributed by atoms with Crippen molar-refractivity contribution in [3.8, 4) is 0 Å². The predicted octanol–water partition coefficient (Wildman–Crippen LogP) is 5.62. The van der Waals surface area contributed by atoms with Crippen molar-refractivity contribution >= 4 is 42.5 Å². The van der Waals surface area contributed by atoms with Gasteiger partial charge >= 0.3 is 7.82 Å². The number of hydrogen-bond acceptors (Lipinski definition) is 10. The molecule has 0 saturated carbocycles. The molecule has 2 aromatic carbocycles. The lowest BCUT2D eigenvalue weighted by atomic mass is 10.1. The summed E-state index contributed by atoms with van der Waals surface area (Å²) in [6, 6.07) is 10.5. The summed E-state index contributed by atoms with van der Waals surface area (Å²) in [6.45, 7) is 3.33. The van der Waals surface area contributed by atoms with Gasteiger partial charge in [-0.15, -0.1) is 11.8 Å². The van der Waals surface area contributed by atoms with Crippen LogP contribution in [-0.4, -0.2) is 34.6 Å². The highest BCUT2D eigenvalue weighted by atomic mass is 32.2. The molecule has 0 aliphatic carbocycles. The van der Waals surface area contributed by atoms with E-state index in [2.05, 4.69) is 0 Å². The second-order valence-corrected chi connectivity index (χ2v) is 8.65. The van der Waals surface area contributed by atoms with Crippen LogP contribution in [0.3, 0.4) is 0 Å². The van der Waals surface area contributed by atoms with Crippen LogP contribution in [0.25, 0.3) is 5.76 Å². The van der Waals surface area contributed by atoms with Crippen LogP contribution in [0, 0.1) is 20.2 Å². The third kappa shape index (κ3) is 7.79. The first-order chi connectivity index (χ1) is 15.7. The molecule has 2 aromatic rings. The Kier molecular flexibility index (Phi) is 9.74. The maximum atomic E-state index is 12.8. The molecule has 0 aliphatic heterocycles. The van der Waals surface area contributed by atoms with Gasteiger partial charge in [-0.1, -0.05) is 0 Å². The van der Waals surface area contributed by atoms with E-state index in [0.29, 0.717) is 5.56 Å². The number of benzene rings is 2. The van der Waals surface area contributed by atoms with Gasteiger partial charge in [-0.3, -0.25) is 34.1 Å². The highest BCUT2D eigenvalue weighted by molar-refractivity contribution is 8.02. The summed E-state index contributed by atoms with van der Waals surface area (Å²) in [5.74, 6) is -0.311. The zero-order chi connectivity index (χ0) is 24.4. The summed E-state index contributed by atoms with van der Waals surface area (Å²) in [6.07, 6.45) is 0. The average molecular weight is 496 g/mol. The fourth-order valence-electron chi connectivity index (χ4n) is 2.46. The molecule has 0 fully saturated rings. The van der Waals surface area contributed by atoms with E-state index in [1.54, 1.807) is 13.8 Å². The van der Waals surface area contributed by atoms with Crippen LogP contribution < -0.4 is 0 Å². The van der Waals surface area contributed by atoms with Crippen molar-refractivity contribution in [2.75, 3.05) is 19.0 Å². The molecule has 0 bridgehead atoms. The normalized spacial score (nSPS) is 11.8. The fourth-order valence-corrected chi connectivity index (χ4v) is 4.48. The number of nitro groups is 2. The molecule has 0 aromatic heterocycles. The summed E-state index contributed by atoms with van der Waals surface area (Å²) < 4.78 is 28.6. The summed E-state index contributed by atoms with van der Waals surface area (Å²) >= 11 is 1.02. The average Bonchev–Trinajstić information content (AvgIpc) is 2.78. The van der Waals surface area contributed by atoms with E-state index in [1.165, 1.54) is 53.9 Å². The number of carbonyl (C=O) groups is 1. The molecule has 0 spiro atoms. The van der Waals surface area contributed by atoms with E-state index in [-0.39, 0.29) is 47.4 Å². The molecule has 0 radical (unpaired) electrons. The van der Waals surface area contributed by atoms with E-state index in [1.807, 2.05) is 0 Å². The number of non-ortho nitro benzene ring substituents is 2. The topological polar surface area (TPSA) is 148 Å². The van der Waals surface area contributed by atoms with Gasteiger partial charge < -0.3 is 4.52 Å². The van der Waals surface area contributed by atoms with Gasteiger partial charge in [-0.2, -0.15) is 0 Å². The van der Waals surface area contributed by atoms with Gasteiger partial charge in [0.05, 0.1) is 28.8 Å². The molecule has 0 amide bonds. The van der Waals surface area contributed by atoms with Crippen LogP contribution in [-0.2, 0) is 18.1 Å². The SMILES string of the molecule is CCOP(=O)(OCC)O/C(=C\SCC(=O)c1ccc([N+](=O)[O-])cc1)c1ccc([N+](=O)[O-])cc1. The van der Waals surface area contributed by atoms with Crippen LogP contribution >= 0.6 is 19.6 Å². The van der Waals surface area contributed by atoms with Gasteiger partial charge in [0.15, 0.2) is 5.78 Å². The molecule has 0 heterocycles. The van der Waals surface area contributed by atoms with E-state index in [9.17, 15) is 29.6 Å². The van der Waals surface area contributed by atoms with Gasteiger partial charge in [0, 0.05) is 40.8 Å². The molecule has 176 valence electrons. The maximum Gasteiger partial charge on any atom is 0.530 e. The Bertz CT molecular complexity index is 1060. The first kappa shape index (κ1) is 26.2. The fraction of sp³-hybridized carbons (Fsp3) is 0.250. The minimum Gasteiger partial charge on any atom is -0.403 e. The lowest BCUT2D eigenvalue weighted by Gasteiger charge is -2.19. The number of carbonyl (C=O) groups excluding carboxylic acids is 1. The predicted molar refractivity (Wildman–Crippen MR) is 123 cm³/mol. The number of rotatable bonds is 13. The number of hydrogen-bond donors (Lipinski definition) is 0. The zero-order valence-corrected chi connectivity index (χ0v) is 19.5. The monoisotopic (exact) mass is 496 g/mol. The van der Waals surface area contributed by atoms with E-state index >= 15 is 0 Å². The Morgan fingerprint density at radius 1 is 0.909 bits per heavy atom. The third-order valence-corrected chi connectivity index (χ3v) is 6.33. The minimum absolute atomic E-state index is 0.0385. The highest BCUT2D eigenvalue weighted by Gasteiger charge is 2.29. The van der Waals surface area contributed by atoms with Crippen molar-refractivity contribution in [2.45, 2.75) is 13.8 Å². The Labute approximate surface area is 193 Å². The Balaban J connectivity index is 2.24. The van der Waals surface area contributed by atoms with Gasteiger partial charge in [-0.05, 0) is 38.1 Å². The molecule has 0 atom stereocenters. The number of phosphoric acid groups is 1. The molecule has 0 unspecified atom stereocenters. The van der Waals surface area contributed by atoms with Crippen LogP contribution in [0.15, 0.2) is 53.9 Å². The Morgan fingerprint density at radius 3 is 1.79 bits per heavy atom. The lowest BCUT2D eigenvalue weighted by molar-refractivity contribution is -0.385. The van der Waals surface area contributed by atoms with Crippen LogP contribution in [0.2, 0.25) is 0 Å². The molecule has 0 aliphatic rings. The first-order valence-electron chi connectivity index (χ1n) is 9.62. The number of Topliss-reactive ketones (excluding diaryl/α,β-unsaturated/α-hetero) is 1. The Morgan fingerprint density at radius 2 is 1.36 bits per heavy atom. The molecule has 0 N–H and O–H groups in total. The summed E-state index contributed by atoms with van der Waals surface area (Å²) in [5.41, 5.74) is 0.372. The molecule has 11 nitrogen and oxygen atoms in total. The van der Waals surface area contributed by atoms with Crippen molar-refractivity contribution in [1.82, 2.24) is 0 Å². The van der Waals surface area contributed by atoms with Crippen LogP contribution in [0.5, 0.6) is 0 Å². The van der Waals surface area contributed by atoms with E-state index in [4.69, 9.17) is 13.6 Å². The molecular formula is C20H21N2O9PS. The molecule has 0 saturated heterocycles. The van der Waals surface area contributed by atoms with Crippen molar-refractivity contribution in [3.05, 3.63) is 85.3 Å². The van der Waals surface area contributed by atoms with Gasteiger partial charge in [0.1, 0.15) is 5.76 Å². The number of nitro benzene ring substituents is 2. The van der Waals surface area contributed by atoms with Crippen LogP contribution in [0.4, 0.5) is 11.4 Å². The summed E-state index contributed by atoms with van der Waals surface area (Å²) in [5, 5.41) is 23.1. The number of phosphoric ester groups is 1. The maximum absolute atomic E-state index is 12.8. The van der Waals surface area contributed by atoms with E-state index < -0.39 is 17.7 Å². The van der Waals surface area contributed by atoms with Crippen molar-refractivity contribution in [3.63, 3.8) is 0 Å². The van der Waals surface area contributed by atoms with Crippen molar-refractivity contribution in [2.24, 2.45) is 0 Å². The zero-order valence-electron chi connectivity index (χ0n) is 17.7. The van der Waals surface area contributed by atoms with Crippen molar-refractivity contribution in [1.29, 1.82) is 0 Å². The quantitative estimate of drug-likeness (QED) is 0.112. The largest absolute Gasteiger partial charge is 0.530 e. The first-order valence-corrected chi connectivity index (χ1v) is 12.1. The smallest absolute Gasteiger partial charge is 0.403 e. The van der Waals surface area contributed by atoms with Gasteiger partial charge in [-0.25, -0.2) is 4.57 Å². The van der Waals surface area contributed by atoms with Gasteiger partial charge in [0.2, 0.25) is 0 Å².